The van der Waals surface area contributed by atoms with Crippen LogP contribution in [0.25, 0.3) is 15.3 Å². The van der Waals surface area contributed by atoms with E-state index in [0.29, 0.717) is 16.3 Å². The number of nitro benzene ring substituents is 1. The fourth-order valence-corrected chi connectivity index (χ4v) is 3.13. The van der Waals surface area contributed by atoms with Crippen LogP contribution in [-0.4, -0.2) is 20.8 Å². The van der Waals surface area contributed by atoms with Crippen LogP contribution < -0.4 is 0 Å². The third-order valence-electron chi connectivity index (χ3n) is 2.91. The number of benzene rings is 1. The first-order chi connectivity index (χ1) is 9.60. The van der Waals surface area contributed by atoms with Gasteiger partial charge in [-0.15, -0.1) is 0 Å². The maximum absolute atomic E-state index is 11.1. The number of non-ortho nitro benzene ring substituents is 1. The van der Waals surface area contributed by atoms with Crippen LogP contribution in [0.15, 0.2) is 30.5 Å². The second-order valence-corrected chi connectivity index (χ2v) is 5.31. The second-order valence-electron chi connectivity index (χ2n) is 4.31. The summed E-state index contributed by atoms with van der Waals surface area (Å²) < 4.78 is 2.36. The maximum Gasteiger partial charge on any atom is 0.296 e. The number of aldehydes is 1. The number of carbonyl (C=O) groups excluding carboxylic acids is 1. The van der Waals surface area contributed by atoms with E-state index in [-0.39, 0.29) is 5.69 Å². The fraction of sp³-hybridized carbons (Fsp3) is 0.0769. The minimum atomic E-state index is -0.435. The molecule has 0 unspecified atom stereocenters. The van der Waals surface area contributed by atoms with Crippen molar-refractivity contribution < 1.29 is 9.72 Å². The van der Waals surface area contributed by atoms with Gasteiger partial charge in [-0.3, -0.25) is 19.5 Å². The van der Waals surface area contributed by atoms with E-state index >= 15 is 0 Å². The quantitative estimate of drug-likeness (QED) is 0.421. The Labute approximate surface area is 117 Å². The van der Waals surface area contributed by atoms with Gasteiger partial charge in [-0.25, -0.2) is 4.98 Å². The van der Waals surface area contributed by atoms with E-state index in [1.807, 2.05) is 6.07 Å². The summed E-state index contributed by atoms with van der Waals surface area (Å²) in [5.74, 6) is 0. The first-order valence-corrected chi connectivity index (χ1v) is 6.60. The number of hydrogen-bond donors (Lipinski definition) is 0. The first kappa shape index (κ1) is 12.5. The Bertz CT molecular complexity index is 835. The van der Waals surface area contributed by atoms with Gasteiger partial charge in [-0.2, -0.15) is 0 Å². The van der Waals surface area contributed by atoms with E-state index in [0.717, 1.165) is 16.5 Å². The van der Waals surface area contributed by atoms with Crippen molar-refractivity contribution in [3.63, 3.8) is 0 Å². The zero-order valence-corrected chi connectivity index (χ0v) is 11.3. The minimum Gasteiger partial charge on any atom is -0.296 e. The zero-order chi connectivity index (χ0) is 14.3. The number of thiazole rings is 1. The molecule has 0 saturated carbocycles. The highest BCUT2D eigenvalue weighted by Gasteiger charge is 2.18. The Kier molecular flexibility index (Phi) is 2.83. The van der Waals surface area contributed by atoms with Crippen LogP contribution in [0.5, 0.6) is 0 Å². The van der Waals surface area contributed by atoms with Gasteiger partial charge in [0.15, 0.2) is 16.9 Å². The molecule has 20 heavy (non-hydrogen) atoms. The van der Waals surface area contributed by atoms with Crippen molar-refractivity contribution in [2.75, 3.05) is 0 Å². The summed E-state index contributed by atoms with van der Waals surface area (Å²) in [6.45, 7) is 1.80. The number of aryl methyl sites for hydroxylation is 1. The Hall–Kier alpha value is -2.54. The third-order valence-corrected chi connectivity index (χ3v) is 3.91. The van der Waals surface area contributed by atoms with Gasteiger partial charge in [0.05, 0.1) is 15.3 Å². The summed E-state index contributed by atoms with van der Waals surface area (Å²) in [4.78, 5) is 25.9. The van der Waals surface area contributed by atoms with Crippen LogP contribution in [0.3, 0.4) is 0 Å². The Morgan fingerprint density at radius 1 is 1.45 bits per heavy atom. The number of rotatable bonds is 3. The number of fused-ring (bicyclic) bond motifs is 1. The largest absolute Gasteiger partial charge is 0.296 e. The summed E-state index contributed by atoms with van der Waals surface area (Å²) in [6, 6.07) is 6.75. The summed E-state index contributed by atoms with van der Waals surface area (Å²) in [5, 5.41) is 11.6. The molecule has 0 atom stereocenters. The summed E-state index contributed by atoms with van der Waals surface area (Å²) in [7, 11) is 0. The molecule has 6 nitrogen and oxygen atoms in total. The highest BCUT2D eigenvalue weighted by atomic mass is 32.1. The predicted octanol–water partition coefficient (Wildman–Crippen LogP) is 3.12. The lowest BCUT2D eigenvalue weighted by Gasteiger charge is -1.97. The highest BCUT2D eigenvalue weighted by molar-refractivity contribution is 7.20. The molecule has 7 heteroatoms. The lowest BCUT2D eigenvalue weighted by molar-refractivity contribution is -0.383. The van der Waals surface area contributed by atoms with E-state index in [1.165, 1.54) is 17.4 Å². The van der Waals surface area contributed by atoms with E-state index in [4.69, 9.17) is 0 Å². The second kappa shape index (κ2) is 4.53. The van der Waals surface area contributed by atoms with E-state index in [1.54, 1.807) is 29.8 Å². The Morgan fingerprint density at radius 2 is 2.25 bits per heavy atom. The minimum absolute atomic E-state index is 0.0118. The van der Waals surface area contributed by atoms with Gasteiger partial charge in [0.1, 0.15) is 0 Å². The van der Waals surface area contributed by atoms with Crippen molar-refractivity contribution in [1.29, 1.82) is 0 Å². The standard InChI is InChI=1S/C13H9N3O3S/c1-8-5-10(16(18)19)12-11(6-8)20-13(14-12)15-4-2-3-9(15)7-17/h2-7H,1H3. The number of carbonyl (C=O) groups is 1. The average Bonchev–Trinajstić information content (AvgIpc) is 3.02. The van der Waals surface area contributed by atoms with Crippen molar-refractivity contribution in [3.8, 4) is 5.13 Å². The summed E-state index contributed by atoms with van der Waals surface area (Å²) in [5.41, 5.74) is 1.61. The zero-order valence-electron chi connectivity index (χ0n) is 10.4. The lowest BCUT2D eigenvalue weighted by Crippen LogP contribution is -1.96. The van der Waals surface area contributed by atoms with Gasteiger partial charge in [0.2, 0.25) is 0 Å². The van der Waals surface area contributed by atoms with Crippen molar-refractivity contribution in [3.05, 3.63) is 51.8 Å². The molecule has 1 aromatic carbocycles. The van der Waals surface area contributed by atoms with Crippen LogP contribution in [0, 0.1) is 17.0 Å². The molecule has 0 aliphatic rings. The molecular formula is C13H9N3O3S. The molecule has 0 fully saturated rings. The Balaban J connectivity index is 2.28. The molecule has 0 saturated heterocycles. The van der Waals surface area contributed by atoms with Gasteiger partial charge in [0, 0.05) is 12.3 Å². The molecule has 3 aromatic rings. The molecule has 3 rings (SSSR count). The van der Waals surface area contributed by atoms with E-state index in [9.17, 15) is 14.9 Å². The third kappa shape index (κ3) is 1.88. The van der Waals surface area contributed by atoms with Gasteiger partial charge >= 0.3 is 0 Å². The molecule has 0 N–H and O–H groups in total. The number of aromatic nitrogens is 2. The molecule has 0 aliphatic heterocycles. The summed E-state index contributed by atoms with van der Waals surface area (Å²) in [6.07, 6.45) is 2.44. The highest BCUT2D eigenvalue weighted by Crippen LogP contribution is 2.33. The van der Waals surface area contributed by atoms with Gasteiger partial charge < -0.3 is 0 Å². The average molecular weight is 287 g/mol. The monoisotopic (exact) mass is 287 g/mol. The van der Waals surface area contributed by atoms with Crippen LogP contribution in [0.4, 0.5) is 5.69 Å². The summed E-state index contributed by atoms with van der Waals surface area (Å²) >= 11 is 1.32. The smallest absolute Gasteiger partial charge is 0.296 e. The molecule has 0 amide bonds. The molecule has 0 radical (unpaired) electrons. The SMILES string of the molecule is Cc1cc([N+](=O)[O-])c2nc(-n3cccc3C=O)sc2c1. The van der Waals surface area contributed by atoms with Crippen LogP contribution in [0.2, 0.25) is 0 Å². The fourth-order valence-electron chi connectivity index (χ4n) is 2.04. The van der Waals surface area contributed by atoms with Crippen LogP contribution in [0.1, 0.15) is 16.1 Å². The molecule has 100 valence electrons. The molecular weight excluding hydrogens is 278 g/mol. The first-order valence-electron chi connectivity index (χ1n) is 5.78. The van der Waals surface area contributed by atoms with Crippen molar-refractivity contribution in [2.24, 2.45) is 0 Å². The van der Waals surface area contributed by atoms with E-state index < -0.39 is 4.92 Å². The maximum atomic E-state index is 11.1. The van der Waals surface area contributed by atoms with Gasteiger partial charge in [-0.05, 0) is 30.7 Å². The van der Waals surface area contributed by atoms with Crippen molar-refractivity contribution in [2.45, 2.75) is 6.92 Å². The van der Waals surface area contributed by atoms with Crippen molar-refractivity contribution in [1.82, 2.24) is 9.55 Å². The number of nitro groups is 1. The number of hydrogen-bond acceptors (Lipinski definition) is 5. The predicted molar refractivity (Wildman–Crippen MR) is 75.7 cm³/mol. The Morgan fingerprint density at radius 3 is 2.95 bits per heavy atom. The van der Waals surface area contributed by atoms with Crippen LogP contribution in [-0.2, 0) is 0 Å². The molecule has 0 aliphatic carbocycles. The van der Waals surface area contributed by atoms with E-state index in [2.05, 4.69) is 4.98 Å². The van der Waals surface area contributed by atoms with Gasteiger partial charge in [-0.1, -0.05) is 11.3 Å². The topological polar surface area (TPSA) is 78.0 Å². The normalized spacial score (nSPS) is 10.8. The van der Waals surface area contributed by atoms with Gasteiger partial charge in [0.25, 0.3) is 5.69 Å². The molecule has 0 spiro atoms. The lowest BCUT2D eigenvalue weighted by atomic mass is 10.2. The molecule has 0 bridgehead atoms. The van der Waals surface area contributed by atoms with Crippen LogP contribution >= 0.6 is 11.3 Å². The van der Waals surface area contributed by atoms with Crippen molar-refractivity contribution >= 4 is 33.5 Å². The number of nitrogens with zero attached hydrogens (tertiary/aromatic N) is 3. The molecule has 2 heterocycles. The molecule has 2 aromatic heterocycles.